The lowest BCUT2D eigenvalue weighted by atomic mass is 9.84. The minimum absolute atomic E-state index is 0.138. The fourth-order valence-corrected chi connectivity index (χ4v) is 2.73. The lowest BCUT2D eigenvalue weighted by molar-refractivity contribution is 0.0754. The predicted octanol–water partition coefficient (Wildman–Crippen LogP) is 1.72. The Morgan fingerprint density at radius 1 is 1.32 bits per heavy atom. The van der Waals surface area contributed by atoms with Crippen molar-refractivity contribution in [2.45, 2.75) is 38.1 Å². The largest absolute Gasteiger partial charge is 0.481 e. The highest BCUT2D eigenvalue weighted by atomic mass is 16.5. The highest BCUT2D eigenvalue weighted by molar-refractivity contribution is 5.34. The third kappa shape index (κ3) is 2.44. The Morgan fingerprint density at radius 2 is 2.16 bits per heavy atom. The van der Waals surface area contributed by atoms with Gasteiger partial charge in [-0.2, -0.15) is 4.98 Å². The van der Waals surface area contributed by atoms with Gasteiger partial charge in [-0.1, -0.05) is 6.42 Å². The number of aromatic nitrogens is 2. The molecule has 1 saturated carbocycles. The van der Waals surface area contributed by atoms with E-state index < -0.39 is 0 Å². The average Bonchev–Trinajstić information content (AvgIpc) is 2.37. The van der Waals surface area contributed by atoms with E-state index >= 15 is 0 Å². The first kappa shape index (κ1) is 12.8. The molecule has 3 rings (SSSR count). The minimum Gasteiger partial charge on any atom is -0.481 e. The molecule has 5 nitrogen and oxygen atoms in total. The van der Waals surface area contributed by atoms with Crippen LogP contribution >= 0.6 is 0 Å². The quantitative estimate of drug-likeness (QED) is 0.900. The van der Waals surface area contributed by atoms with Gasteiger partial charge >= 0.3 is 0 Å². The molecule has 5 heteroatoms. The van der Waals surface area contributed by atoms with Gasteiger partial charge in [-0.3, -0.25) is 0 Å². The molecule has 0 amide bonds. The lowest BCUT2D eigenvalue weighted by Crippen LogP contribution is -2.35. The van der Waals surface area contributed by atoms with Gasteiger partial charge in [0.2, 0.25) is 5.88 Å². The van der Waals surface area contributed by atoms with E-state index in [0.717, 1.165) is 30.2 Å². The number of aryl methyl sites for hydroxylation is 1. The molecule has 1 aliphatic heterocycles. The maximum atomic E-state index is 5.53. The molecule has 0 spiro atoms. The van der Waals surface area contributed by atoms with Crippen LogP contribution in [-0.4, -0.2) is 36.8 Å². The van der Waals surface area contributed by atoms with Crippen LogP contribution in [0, 0.1) is 6.92 Å². The highest BCUT2D eigenvalue weighted by Gasteiger charge is 2.28. The molecule has 2 fully saturated rings. The summed E-state index contributed by atoms with van der Waals surface area (Å²) < 4.78 is 11.0. The van der Waals surface area contributed by atoms with E-state index in [0.29, 0.717) is 18.4 Å². The van der Waals surface area contributed by atoms with Gasteiger partial charge in [-0.15, -0.1) is 0 Å². The first-order chi connectivity index (χ1) is 9.29. The van der Waals surface area contributed by atoms with Gasteiger partial charge in [0.15, 0.2) is 0 Å². The van der Waals surface area contributed by atoms with E-state index in [1.165, 1.54) is 19.3 Å². The third-order valence-corrected chi connectivity index (χ3v) is 4.05. The number of nitrogens with one attached hydrogen (secondary N) is 1. The molecule has 1 aromatic heterocycles. The Balaban J connectivity index is 1.93. The van der Waals surface area contributed by atoms with Crippen LogP contribution in [0.3, 0.4) is 0 Å². The second kappa shape index (κ2) is 5.43. The molecule has 1 N–H and O–H groups in total. The lowest BCUT2D eigenvalue weighted by Gasteiger charge is -2.28. The van der Waals surface area contributed by atoms with Crippen LogP contribution in [0.15, 0.2) is 0 Å². The molecule has 0 aromatic carbocycles. The Bertz CT molecular complexity index is 454. The van der Waals surface area contributed by atoms with Crippen molar-refractivity contribution in [1.29, 1.82) is 0 Å². The zero-order valence-electron chi connectivity index (χ0n) is 11.6. The van der Waals surface area contributed by atoms with Crippen molar-refractivity contribution in [3.05, 3.63) is 17.1 Å². The maximum Gasteiger partial charge on any atom is 0.221 e. The smallest absolute Gasteiger partial charge is 0.221 e. The molecule has 0 radical (unpaired) electrons. The molecule has 19 heavy (non-hydrogen) atoms. The van der Waals surface area contributed by atoms with Gasteiger partial charge in [0.05, 0.1) is 31.9 Å². The highest BCUT2D eigenvalue weighted by Crippen LogP contribution is 2.37. The van der Waals surface area contributed by atoms with Gasteiger partial charge in [-0.25, -0.2) is 4.98 Å². The SMILES string of the molecule is COc1nc(C2CCC2)nc(C)c1C1COCCN1. The second-order valence-electron chi connectivity index (χ2n) is 5.30. The normalized spacial score (nSPS) is 24.0. The summed E-state index contributed by atoms with van der Waals surface area (Å²) in [5, 5.41) is 3.44. The van der Waals surface area contributed by atoms with Crippen molar-refractivity contribution in [2.24, 2.45) is 0 Å². The number of morpholine rings is 1. The number of hydrogen-bond donors (Lipinski definition) is 1. The van der Waals surface area contributed by atoms with Gasteiger partial charge in [0.25, 0.3) is 0 Å². The summed E-state index contributed by atoms with van der Waals surface area (Å²) in [6, 6.07) is 0.138. The van der Waals surface area contributed by atoms with E-state index in [4.69, 9.17) is 14.5 Å². The first-order valence-corrected chi connectivity index (χ1v) is 7.03. The van der Waals surface area contributed by atoms with Crippen molar-refractivity contribution in [1.82, 2.24) is 15.3 Å². The van der Waals surface area contributed by atoms with E-state index in [1.807, 2.05) is 6.92 Å². The summed E-state index contributed by atoms with van der Waals surface area (Å²) in [6.07, 6.45) is 3.69. The van der Waals surface area contributed by atoms with Crippen LogP contribution in [0.1, 0.15) is 48.3 Å². The summed E-state index contributed by atoms with van der Waals surface area (Å²) >= 11 is 0. The standard InChI is InChI=1S/C14H21N3O2/c1-9-12(11-8-19-7-6-15-11)14(18-2)17-13(16-9)10-4-3-5-10/h10-11,15H,3-8H2,1-2H3. The monoisotopic (exact) mass is 263 g/mol. The summed E-state index contributed by atoms with van der Waals surface area (Å²) in [5.41, 5.74) is 2.06. The topological polar surface area (TPSA) is 56.3 Å². The van der Waals surface area contributed by atoms with Crippen molar-refractivity contribution in [3.63, 3.8) is 0 Å². The summed E-state index contributed by atoms with van der Waals surface area (Å²) in [6.45, 7) is 4.32. The number of methoxy groups -OCH3 is 1. The number of ether oxygens (including phenoxy) is 2. The molecule has 1 aliphatic carbocycles. The minimum atomic E-state index is 0.138. The van der Waals surface area contributed by atoms with Gasteiger partial charge in [0.1, 0.15) is 5.82 Å². The summed E-state index contributed by atoms with van der Waals surface area (Å²) in [5.74, 6) is 2.18. The predicted molar refractivity (Wildman–Crippen MR) is 71.5 cm³/mol. The van der Waals surface area contributed by atoms with E-state index in [1.54, 1.807) is 7.11 Å². The summed E-state index contributed by atoms with van der Waals surface area (Å²) in [7, 11) is 1.68. The van der Waals surface area contributed by atoms with E-state index in [2.05, 4.69) is 10.3 Å². The van der Waals surface area contributed by atoms with E-state index in [-0.39, 0.29) is 6.04 Å². The third-order valence-electron chi connectivity index (χ3n) is 4.05. The first-order valence-electron chi connectivity index (χ1n) is 7.03. The van der Waals surface area contributed by atoms with Crippen molar-refractivity contribution in [3.8, 4) is 5.88 Å². The van der Waals surface area contributed by atoms with Gasteiger partial charge < -0.3 is 14.8 Å². The number of nitrogens with zero attached hydrogens (tertiary/aromatic N) is 2. The maximum absolute atomic E-state index is 5.53. The van der Waals surface area contributed by atoms with Gasteiger partial charge in [0, 0.05) is 18.2 Å². The molecule has 2 heterocycles. The van der Waals surface area contributed by atoms with Crippen molar-refractivity contribution in [2.75, 3.05) is 26.9 Å². The Hall–Kier alpha value is -1.20. The number of rotatable bonds is 3. The molecular formula is C14H21N3O2. The van der Waals surface area contributed by atoms with Crippen LogP contribution in [0.2, 0.25) is 0 Å². The fraction of sp³-hybridized carbons (Fsp3) is 0.714. The van der Waals surface area contributed by atoms with Crippen LogP contribution in [0.25, 0.3) is 0 Å². The molecule has 1 saturated heterocycles. The molecule has 1 unspecified atom stereocenters. The summed E-state index contributed by atoms with van der Waals surface area (Å²) in [4.78, 5) is 9.31. The zero-order chi connectivity index (χ0) is 13.2. The Kier molecular flexibility index (Phi) is 3.66. The van der Waals surface area contributed by atoms with Crippen molar-refractivity contribution < 1.29 is 9.47 Å². The van der Waals surface area contributed by atoms with Crippen molar-refractivity contribution >= 4 is 0 Å². The van der Waals surface area contributed by atoms with Crippen LogP contribution in [0.4, 0.5) is 0 Å². The molecule has 2 aliphatic rings. The molecule has 0 bridgehead atoms. The second-order valence-corrected chi connectivity index (χ2v) is 5.30. The van der Waals surface area contributed by atoms with Crippen LogP contribution in [-0.2, 0) is 4.74 Å². The van der Waals surface area contributed by atoms with E-state index in [9.17, 15) is 0 Å². The zero-order valence-corrected chi connectivity index (χ0v) is 11.6. The average molecular weight is 263 g/mol. The van der Waals surface area contributed by atoms with Crippen LogP contribution in [0.5, 0.6) is 5.88 Å². The Labute approximate surface area is 113 Å². The number of hydrogen-bond acceptors (Lipinski definition) is 5. The fourth-order valence-electron chi connectivity index (χ4n) is 2.73. The molecule has 1 aromatic rings. The molecule has 1 atom stereocenters. The van der Waals surface area contributed by atoms with Gasteiger partial charge in [-0.05, 0) is 19.8 Å². The molecular weight excluding hydrogens is 242 g/mol. The Morgan fingerprint density at radius 3 is 2.74 bits per heavy atom. The molecule has 104 valence electrons. The van der Waals surface area contributed by atoms with Crippen LogP contribution < -0.4 is 10.1 Å².